The number of benzene rings is 1. The van der Waals surface area contributed by atoms with E-state index in [9.17, 15) is 0 Å². The van der Waals surface area contributed by atoms with Crippen LogP contribution >= 0.6 is 0 Å². The van der Waals surface area contributed by atoms with Crippen molar-refractivity contribution < 1.29 is 0 Å². The zero-order valence-corrected chi connectivity index (χ0v) is 12.2. The van der Waals surface area contributed by atoms with Crippen molar-refractivity contribution in [2.24, 2.45) is 0 Å². The van der Waals surface area contributed by atoms with E-state index in [2.05, 4.69) is 57.5 Å². The number of piperazine rings is 1. The summed E-state index contributed by atoms with van der Waals surface area (Å²) in [7, 11) is 2.09. The first-order chi connectivity index (χ1) is 10.3. The Morgan fingerprint density at radius 2 is 1.81 bits per heavy atom. The molecule has 4 heterocycles. The lowest BCUT2D eigenvalue weighted by atomic mass is 9.91. The Balaban J connectivity index is 1.58. The van der Waals surface area contributed by atoms with Crippen molar-refractivity contribution >= 4 is 17.1 Å². The molecule has 108 valence electrons. The average Bonchev–Trinajstić information content (AvgIpc) is 2.55. The second-order valence-electron chi connectivity index (χ2n) is 6.00. The molecule has 3 fully saturated rings. The second-order valence-corrected chi connectivity index (χ2v) is 6.00. The van der Waals surface area contributed by atoms with Crippen molar-refractivity contribution in [3.05, 3.63) is 48.8 Å². The van der Waals surface area contributed by atoms with E-state index in [1.807, 2.05) is 18.5 Å². The van der Waals surface area contributed by atoms with Gasteiger partial charge in [0, 0.05) is 37.9 Å². The first-order valence-electron chi connectivity index (χ1n) is 7.54. The van der Waals surface area contributed by atoms with E-state index < -0.39 is 0 Å². The molecule has 4 heteroatoms. The molecule has 0 amide bonds. The summed E-state index contributed by atoms with van der Waals surface area (Å²) in [5.74, 6) is 0. The summed E-state index contributed by atoms with van der Waals surface area (Å²) in [5, 5.41) is 3.57. The minimum absolute atomic E-state index is 0.666. The quantitative estimate of drug-likeness (QED) is 0.935. The molecular weight excluding hydrogens is 260 g/mol. The Hall–Kier alpha value is -2.07. The topological polar surface area (TPSA) is 31.4 Å². The van der Waals surface area contributed by atoms with Gasteiger partial charge < -0.3 is 15.1 Å². The fourth-order valence-corrected chi connectivity index (χ4v) is 3.30. The number of piperidine rings is 1. The number of pyridine rings is 1. The number of hydrogen-bond donors (Lipinski definition) is 1. The molecule has 2 bridgehead atoms. The molecule has 2 aromatic rings. The Bertz CT molecular complexity index is 612. The smallest absolute Gasteiger partial charge is 0.0615 e. The summed E-state index contributed by atoms with van der Waals surface area (Å²) in [6.45, 7) is 2.19. The van der Waals surface area contributed by atoms with Crippen LogP contribution in [-0.2, 0) is 0 Å². The van der Waals surface area contributed by atoms with E-state index in [1.54, 1.807) is 0 Å². The second kappa shape index (κ2) is 5.04. The van der Waals surface area contributed by atoms with Crippen LogP contribution in [-0.4, -0.2) is 37.2 Å². The molecule has 0 saturated carbocycles. The third-order valence-electron chi connectivity index (χ3n) is 4.53. The summed E-state index contributed by atoms with van der Waals surface area (Å²) in [4.78, 5) is 9.07. The molecule has 3 aliphatic rings. The number of anilines is 3. The minimum Gasteiger partial charge on any atom is -0.367 e. The average molecular weight is 280 g/mol. The molecule has 1 aromatic heterocycles. The van der Waals surface area contributed by atoms with Crippen LogP contribution in [0.5, 0.6) is 0 Å². The highest BCUT2D eigenvalue weighted by Gasteiger charge is 2.36. The first-order valence-corrected chi connectivity index (χ1v) is 7.54. The van der Waals surface area contributed by atoms with Gasteiger partial charge in [-0.25, -0.2) is 0 Å². The van der Waals surface area contributed by atoms with Gasteiger partial charge in [0.05, 0.1) is 23.8 Å². The molecule has 4 nitrogen and oxygen atoms in total. The summed E-state index contributed by atoms with van der Waals surface area (Å²) < 4.78 is 0. The summed E-state index contributed by atoms with van der Waals surface area (Å²) in [6.07, 6.45) is 5.24. The monoisotopic (exact) mass is 280 g/mol. The molecular formula is C17H20N4. The summed E-state index contributed by atoms with van der Waals surface area (Å²) in [6, 6.07) is 14.0. The number of aromatic nitrogens is 1. The van der Waals surface area contributed by atoms with Gasteiger partial charge in [-0.2, -0.15) is 0 Å². The van der Waals surface area contributed by atoms with E-state index in [1.165, 1.54) is 17.8 Å². The molecule has 3 aliphatic heterocycles. The lowest BCUT2D eigenvalue weighted by Gasteiger charge is -2.49. The third kappa shape index (κ3) is 2.36. The van der Waals surface area contributed by atoms with Gasteiger partial charge >= 0.3 is 0 Å². The van der Waals surface area contributed by atoms with Crippen molar-refractivity contribution in [3.63, 3.8) is 0 Å². The van der Waals surface area contributed by atoms with E-state index in [0.29, 0.717) is 12.1 Å². The van der Waals surface area contributed by atoms with Crippen molar-refractivity contribution in [1.29, 1.82) is 0 Å². The van der Waals surface area contributed by atoms with Gasteiger partial charge in [0.15, 0.2) is 0 Å². The lowest BCUT2D eigenvalue weighted by Crippen LogP contribution is -2.67. The molecule has 2 unspecified atom stereocenters. The Morgan fingerprint density at radius 3 is 2.52 bits per heavy atom. The molecule has 2 atom stereocenters. The van der Waals surface area contributed by atoms with Crippen LogP contribution in [0, 0.1) is 0 Å². The summed E-state index contributed by atoms with van der Waals surface area (Å²) in [5.41, 5.74) is 3.54. The van der Waals surface area contributed by atoms with Crippen LogP contribution in [0.2, 0.25) is 0 Å². The maximum Gasteiger partial charge on any atom is 0.0615 e. The van der Waals surface area contributed by atoms with Crippen LogP contribution < -0.4 is 15.1 Å². The zero-order chi connectivity index (χ0) is 14.2. The molecule has 5 rings (SSSR count). The zero-order valence-electron chi connectivity index (χ0n) is 12.2. The fourth-order valence-electron chi connectivity index (χ4n) is 3.30. The Labute approximate surface area is 125 Å². The molecule has 0 aliphatic carbocycles. The Kier molecular flexibility index (Phi) is 3.04. The van der Waals surface area contributed by atoms with E-state index in [-0.39, 0.29) is 0 Å². The van der Waals surface area contributed by atoms with Gasteiger partial charge in [-0.15, -0.1) is 0 Å². The molecule has 1 aromatic carbocycles. The molecule has 3 saturated heterocycles. The van der Waals surface area contributed by atoms with Crippen LogP contribution in [0.15, 0.2) is 48.8 Å². The molecule has 0 radical (unpaired) electrons. The minimum atomic E-state index is 0.666. The number of hydrogen-bond acceptors (Lipinski definition) is 4. The largest absolute Gasteiger partial charge is 0.367 e. The van der Waals surface area contributed by atoms with Crippen LogP contribution in [0.3, 0.4) is 0 Å². The van der Waals surface area contributed by atoms with Gasteiger partial charge in [-0.05, 0) is 24.6 Å². The number of para-hydroxylation sites is 1. The lowest BCUT2D eigenvalue weighted by molar-refractivity contribution is 0.226. The Morgan fingerprint density at radius 1 is 1.10 bits per heavy atom. The molecule has 0 spiro atoms. The molecule has 1 N–H and O–H groups in total. The highest BCUT2D eigenvalue weighted by Crippen LogP contribution is 2.29. The van der Waals surface area contributed by atoms with Gasteiger partial charge in [0.2, 0.25) is 0 Å². The van der Waals surface area contributed by atoms with Crippen molar-refractivity contribution in [2.45, 2.75) is 18.5 Å². The molecule has 21 heavy (non-hydrogen) atoms. The van der Waals surface area contributed by atoms with Gasteiger partial charge in [0.1, 0.15) is 0 Å². The number of rotatable bonds is 3. The maximum absolute atomic E-state index is 4.44. The van der Waals surface area contributed by atoms with E-state index in [0.717, 1.165) is 18.8 Å². The number of fused-ring (bicyclic) bond motifs is 2. The van der Waals surface area contributed by atoms with Crippen molar-refractivity contribution in [1.82, 2.24) is 10.3 Å². The van der Waals surface area contributed by atoms with Crippen LogP contribution in [0.1, 0.15) is 6.42 Å². The van der Waals surface area contributed by atoms with Gasteiger partial charge in [-0.3, -0.25) is 4.98 Å². The standard InChI is InChI=1S/C17H20N4/c1-20(15-5-3-2-4-6-15)16-8-17(10-18-9-16)21-11-13-7-14(12-21)19-13/h2-6,8-10,13-14,19H,7,11-12H2,1H3. The highest BCUT2D eigenvalue weighted by atomic mass is 15.3. The van der Waals surface area contributed by atoms with E-state index in [4.69, 9.17) is 0 Å². The third-order valence-corrected chi connectivity index (χ3v) is 4.53. The van der Waals surface area contributed by atoms with E-state index >= 15 is 0 Å². The summed E-state index contributed by atoms with van der Waals surface area (Å²) >= 11 is 0. The van der Waals surface area contributed by atoms with Crippen LogP contribution in [0.4, 0.5) is 17.1 Å². The van der Waals surface area contributed by atoms with Crippen molar-refractivity contribution in [3.8, 4) is 0 Å². The predicted molar refractivity (Wildman–Crippen MR) is 86.3 cm³/mol. The first kappa shape index (κ1) is 12.7. The maximum atomic E-state index is 4.44. The number of nitrogens with one attached hydrogen (secondary N) is 1. The van der Waals surface area contributed by atoms with Crippen LogP contribution in [0.25, 0.3) is 0 Å². The predicted octanol–water partition coefficient (Wildman–Crippen LogP) is 2.40. The normalized spacial score (nSPS) is 23.6. The van der Waals surface area contributed by atoms with Crippen molar-refractivity contribution in [2.75, 3.05) is 29.9 Å². The van der Waals surface area contributed by atoms with Gasteiger partial charge in [-0.1, -0.05) is 18.2 Å². The SMILES string of the molecule is CN(c1ccccc1)c1cncc(N2CC3CC(C2)N3)c1. The highest BCUT2D eigenvalue weighted by molar-refractivity contribution is 5.66. The number of nitrogens with zero attached hydrogens (tertiary/aromatic N) is 3. The van der Waals surface area contributed by atoms with Gasteiger partial charge in [0.25, 0.3) is 0 Å². The fraction of sp³-hybridized carbons (Fsp3) is 0.353.